The van der Waals surface area contributed by atoms with Crippen molar-refractivity contribution in [3.63, 3.8) is 0 Å². The highest BCUT2D eigenvalue weighted by Gasteiger charge is 2.40. The van der Waals surface area contributed by atoms with Crippen molar-refractivity contribution in [3.05, 3.63) is 16.1 Å². The van der Waals surface area contributed by atoms with Crippen molar-refractivity contribution in [3.8, 4) is 0 Å². The topological polar surface area (TPSA) is 33.2 Å². The third-order valence-electron chi connectivity index (χ3n) is 4.31. The summed E-state index contributed by atoms with van der Waals surface area (Å²) in [7, 11) is 4.10. The van der Waals surface area contributed by atoms with E-state index in [-0.39, 0.29) is 5.54 Å². The predicted octanol–water partition coefficient (Wildman–Crippen LogP) is 3.22. The maximum absolute atomic E-state index is 12.8. The number of hydrogen-bond donors (Lipinski definition) is 0. The van der Waals surface area contributed by atoms with Crippen LogP contribution in [0.25, 0.3) is 0 Å². The smallest absolute Gasteiger partial charge is 0.159 e. The first-order valence-corrected chi connectivity index (χ1v) is 8.04. The molecule has 1 heterocycles. The highest BCUT2D eigenvalue weighted by Crippen LogP contribution is 2.33. The van der Waals surface area contributed by atoms with Crippen LogP contribution in [0.5, 0.6) is 0 Å². The lowest BCUT2D eigenvalue weighted by molar-refractivity contribution is -0.130. The van der Waals surface area contributed by atoms with Crippen LogP contribution in [-0.4, -0.2) is 35.3 Å². The highest BCUT2D eigenvalue weighted by molar-refractivity contribution is 7.09. The number of nitrogens with zero attached hydrogens (tertiary/aromatic N) is 2. The highest BCUT2D eigenvalue weighted by atomic mass is 32.1. The zero-order chi connectivity index (χ0) is 13.9. The van der Waals surface area contributed by atoms with Gasteiger partial charge >= 0.3 is 0 Å². The third-order valence-corrected chi connectivity index (χ3v) is 5.14. The zero-order valence-corrected chi connectivity index (χ0v) is 13.1. The molecule has 0 spiro atoms. The molecular weight excluding hydrogens is 256 g/mol. The predicted molar refractivity (Wildman–Crippen MR) is 79.7 cm³/mol. The van der Waals surface area contributed by atoms with E-state index in [0.717, 1.165) is 23.5 Å². The summed E-state index contributed by atoms with van der Waals surface area (Å²) < 4.78 is 0. The number of carbonyl (C=O) groups excluding carboxylic acids is 1. The van der Waals surface area contributed by atoms with Crippen LogP contribution in [0, 0.1) is 6.92 Å². The van der Waals surface area contributed by atoms with Crippen molar-refractivity contribution in [2.24, 2.45) is 0 Å². The second-order valence-corrected chi connectivity index (χ2v) is 6.86. The van der Waals surface area contributed by atoms with E-state index in [2.05, 4.69) is 24.0 Å². The maximum Gasteiger partial charge on any atom is 0.159 e. The van der Waals surface area contributed by atoms with Gasteiger partial charge in [0.2, 0.25) is 0 Å². The molecule has 0 aliphatic heterocycles. The van der Waals surface area contributed by atoms with E-state index in [9.17, 15) is 4.79 Å². The number of hydrogen-bond acceptors (Lipinski definition) is 4. The number of thiazole rings is 1. The van der Waals surface area contributed by atoms with Crippen molar-refractivity contribution in [2.75, 3.05) is 14.1 Å². The van der Waals surface area contributed by atoms with E-state index in [1.165, 1.54) is 25.7 Å². The lowest BCUT2D eigenvalue weighted by atomic mass is 9.82. The molecule has 0 radical (unpaired) electrons. The van der Waals surface area contributed by atoms with Gasteiger partial charge in [-0.05, 0) is 33.9 Å². The Morgan fingerprint density at radius 3 is 2.42 bits per heavy atom. The standard InChI is InChI=1S/C15H24N2OS/c1-12-16-13(11-19-12)10-14(18)15(17(2)3)8-6-4-5-7-9-15/h11H,4-10H2,1-3H3. The van der Waals surface area contributed by atoms with Gasteiger partial charge in [0.05, 0.1) is 22.7 Å². The minimum absolute atomic E-state index is 0.256. The first-order valence-electron chi connectivity index (χ1n) is 7.16. The SMILES string of the molecule is Cc1nc(CC(=O)C2(N(C)C)CCCCCC2)cs1. The summed E-state index contributed by atoms with van der Waals surface area (Å²) in [5.41, 5.74) is 0.687. The fraction of sp³-hybridized carbons (Fsp3) is 0.733. The second-order valence-electron chi connectivity index (χ2n) is 5.80. The molecular formula is C15H24N2OS. The van der Waals surface area contributed by atoms with Gasteiger partial charge in [-0.2, -0.15) is 0 Å². The molecule has 1 aliphatic carbocycles. The van der Waals surface area contributed by atoms with Crippen LogP contribution in [-0.2, 0) is 11.2 Å². The Kier molecular flexibility index (Phi) is 4.74. The van der Waals surface area contributed by atoms with Crippen molar-refractivity contribution >= 4 is 17.1 Å². The van der Waals surface area contributed by atoms with Gasteiger partial charge in [0.25, 0.3) is 0 Å². The molecule has 106 valence electrons. The third kappa shape index (κ3) is 3.23. The minimum Gasteiger partial charge on any atom is -0.297 e. The summed E-state index contributed by atoms with van der Waals surface area (Å²) in [6.45, 7) is 1.99. The van der Waals surface area contributed by atoms with Gasteiger partial charge < -0.3 is 0 Å². The molecule has 1 fully saturated rings. The normalized spacial score (nSPS) is 19.4. The average Bonchev–Trinajstić information content (AvgIpc) is 2.65. The molecule has 1 aromatic rings. The first kappa shape index (κ1) is 14.7. The molecule has 0 saturated heterocycles. The summed E-state index contributed by atoms with van der Waals surface area (Å²) >= 11 is 1.63. The number of rotatable bonds is 4. The van der Waals surface area contributed by atoms with E-state index in [1.807, 2.05) is 12.3 Å². The molecule has 0 unspecified atom stereocenters. The summed E-state index contributed by atoms with van der Waals surface area (Å²) in [5.74, 6) is 0.352. The molecule has 3 nitrogen and oxygen atoms in total. The van der Waals surface area contributed by atoms with Gasteiger partial charge in [-0.1, -0.05) is 25.7 Å². The Morgan fingerprint density at radius 1 is 1.32 bits per heavy atom. The number of aromatic nitrogens is 1. The second kappa shape index (κ2) is 6.14. The first-order chi connectivity index (χ1) is 9.04. The summed E-state index contributed by atoms with van der Waals surface area (Å²) in [6.07, 6.45) is 7.35. The summed E-state index contributed by atoms with van der Waals surface area (Å²) in [5, 5.41) is 3.07. The fourth-order valence-corrected chi connectivity index (χ4v) is 3.72. The molecule has 0 N–H and O–H groups in total. The van der Waals surface area contributed by atoms with Crippen molar-refractivity contribution in [1.82, 2.24) is 9.88 Å². The molecule has 1 aliphatic rings. The van der Waals surface area contributed by atoms with E-state index in [4.69, 9.17) is 0 Å². The van der Waals surface area contributed by atoms with E-state index >= 15 is 0 Å². The number of ketones is 1. The Bertz CT molecular complexity index is 431. The molecule has 0 atom stereocenters. The van der Waals surface area contributed by atoms with Crippen LogP contribution < -0.4 is 0 Å². The zero-order valence-electron chi connectivity index (χ0n) is 12.2. The Hall–Kier alpha value is -0.740. The van der Waals surface area contributed by atoms with Crippen LogP contribution in [0.2, 0.25) is 0 Å². The van der Waals surface area contributed by atoms with E-state index in [1.54, 1.807) is 11.3 Å². The maximum atomic E-state index is 12.8. The van der Waals surface area contributed by atoms with Crippen LogP contribution >= 0.6 is 11.3 Å². The molecule has 19 heavy (non-hydrogen) atoms. The molecule has 1 saturated carbocycles. The van der Waals surface area contributed by atoms with Gasteiger partial charge in [-0.15, -0.1) is 11.3 Å². The lowest BCUT2D eigenvalue weighted by Crippen LogP contribution is -2.51. The van der Waals surface area contributed by atoms with E-state index in [0.29, 0.717) is 12.2 Å². The van der Waals surface area contributed by atoms with E-state index < -0.39 is 0 Å². The Labute approximate surface area is 120 Å². The Balaban J connectivity index is 2.15. The summed E-state index contributed by atoms with van der Waals surface area (Å²) in [6, 6.07) is 0. The molecule has 2 rings (SSSR count). The van der Waals surface area contributed by atoms with Crippen molar-refractivity contribution < 1.29 is 4.79 Å². The number of carbonyl (C=O) groups is 1. The van der Waals surface area contributed by atoms with Gasteiger partial charge in [-0.3, -0.25) is 9.69 Å². The van der Waals surface area contributed by atoms with Crippen molar-refractivity contribution in [1.29, 1.82) is 0 Å². The number of Topliss-reactive ketones (excluding diaryl/α,β-unsaturated/α-hetero) is 1. The lowest BCUT2D eigenvalue weighted by Gasteiger charge is -2.38. The van der Waals surface area contributed by atoms with Gasteiger partial charge in [0.1, 0.15) is 0 Å². The number of aryl methyl sites for hydroxylation is 1. The molecule has 4 heteroatoms. The summed E-state index contributed by atoms with van der Waals surface area (Å²) in [4.78, 5) is 19.4. The van der Waals surface area contributed by atoms with Crippen LogP contribution in [0.4, 0.5) is 0 Å². The molecule has 0 amide bonds. The average molecular weight is 280 g/mol. The minimum atomic E-state index is -0.256. The molecule has 0 aromatic carbocycles. The van der Waals surface area contributed by atoms with Crippen LogP contribution in [0.1, 0.15) is 49.2 Å². The molecule has 1 aromatic heterocycles. The fourth-order valence-electron chi connectivity index (χ4n) is 3.11. The van der Waals surface area contributed by atoms with Gasteiger partial charge in [0.15, 0.2) is 5.78 Å². The van der Waals surface area contributed by atoms with Crippen LogP contribution in [0.15, 0.2) is 5.38 Å². The quantitative estimate of drug-likeness (QED) is 0.794. The van der Waals surface area contributed by atoms with Gasteiger partial charge in [0, 0.05) is 5.38 Å². The van der Waals surface area contributed by atoms with Crippen molar-refractivity contribution in [2.45, 2.75) is 57.4 Å². The monoisotopic (exact) mass is 280 g/mol. The van der Waals surface area contributed by atoms with Crippen LogP contribution in [0.3, 0.4) is 0 Å². The largest absolute Gasteiger partial charge is 0.297 e. The van der Waals surface area contributed by atoms with Gasteiger partial charge in [-0.25, -0.2) is 4.98 Å². The Morgan fingerprint density at radius 2 is 1.95 bits per heavy atom. The number of likely N-dealkylation sites (N-methyl/N-ethyl adjacent to an activating group) is 1. The molecule has 0 bridgehead atoms.